The molecule has 14 aromatic rings. The summed E-state index contributed by atoms with van der Waals surface area (Å²) in [6, 6.07) is 89.5. The third-order valence-corrected chi connectivity index (χ3v) is 27.4. The molecule has 1 aromatic heterocycles. The van der Waals surface area contributed by atoms with E-state index in [0.29, 0.717) is 31.3 Å². The Morgan fingerprint density at radius 2 is 0.931 bits per heavy atom. The van der Waals surface area contributed by atoms with Crippen LogP contribution >= 0.6 is 67.8 Å². The zero-order valence-electron chi connectivity index (χ0n) is 58.2. The molecular weight excluding hydrogens is 1740 g/mol. The average Bonchev–Trinajstić information content (AvgIpc) is 1.53. The van der Waals surface area contributed by atoms with Crippen LogP contribution in [0.4, 0.5) is 22.0 Å². The van der Waals surface area contributed by atoms with Crippen molar-refractivity contribution in [1.29, 1.82) is 0 Å². The van der Waals surface area contributed by atoms with Crippen LogP contribution in [0.25, 0.3) is 127 Å². The van der Waals surface area contributed by atoms with Crippen LogP contribution in [0.1, 0.15) is 89.0 Å². The quantitative estimate of drug-likeness (QED) is 0.0317. The predicted octanol–water partition coefficient (Wildman–Crippen LogP) is 24.8. The van der Waals surface area contributed by atoms with E-state index in [1.807, 2.05) is 28.7 Å². The topological polar surface area (TPSA) is 4.93 Å². The average molecular weight is 1810 g/mol. The summed E-state index contributed by atoms with van der Waals surface area (Å²) in [4.78, 5) is 2.34. The number of aromatic nitrogens is 1. The fraction of sp³-hybridized carbons (Fsp3) is 0.187. The van der Waals surface area contributed by atoms with E-state index in [-0.39, 0.29) is 43.7 Å². The van der Waals surface area contributed by atoms with E-state index in [1.54, 1.807) is 19.1 Å². The van der Waals surface area contributed by atoms with Gasteiger partial charge in [0.25, 0.3) is 0 Å². The summed E-state index contributed by atoms with van der Waals surface area (Å²) < 4.78 is 72.5. The van der Waals surface area contributed by atoms with Gasteiger partial charge in [0.05, 0.1) is 19.1 Å². The molecule has 1 aliphatic carbocycles. The third kappa shape index (κ3) is 13.5. The monoisotopic (exact) mass is 1810 g/mol. The number of halogens is 9. The van der Waals surface area contributed by atoms with Gasteiger partial charge in [-0.25, -0.2) is 0 Å². The zero-order valence-corrected chi connectivity index (χ0v) is 67.8. The Labute approximate surface area is 647 Å². The number of alkyl halides is 10. The molecule has 0 N–H and O–H groups in total. The van der Waals surface area contributed by atoms with Crippen molar-refractivity contribution in [2.24, 2.45) is 0 Å². The Kier molecular flexibility index (Phi) is 18.8. The van der Waals surface area contributed by atoms with Crippen LogP contribution in [0.15, 0.2) is 255 Å². The van der Waals surface area contributed by atoms with Gasteiger partial charge in [-0.15, -0.1) is 0 Å². The van der Waals surface area contributed by atoms with Crippen LogP contribution in [-0.2, 0) is 29.8 Å². The molecule has 0 amide bonds. The molecule has 0 aliphatic heterocycles. The minimum atomic E-state index is -3.22. The predicted molar refractivity (Wildman–Crippen MR) is 445 cm³/mol. The molecular formula is C91H75F5I4NSi-. The number of rotatable bonds is 15. The Balaban J connectivity index is 1.05. The van der Waals surface area contributed by atoms with Crippen molar-refractivity contribution in [3.05, 3.63) is 299 Å². The molecule has 0 fully saturated rings. The Bertz CT molecular complexity index is 5530. The standard InChI is InChI=1S/C91H75F5I4NSi/c1-54(100-6)60-26-38-71-64(46-63-23-31-66(89(5,92)97)50-78(63)79(71)47-60)44-55-20-37-74-82(45-55)86(72-39-28-62(49-76(72)58-16-12-10-13-17-58)57-24-35-70(36-25-57)102(7,8)9)75-41-34-69(101-84-42-32-67(90(93,94)98)51-80(84)81-52-68(91(95,96)99)33-43-85(81)101)53-83(75)87(74)73-40-27-61(48-77(73)59-18-14-11-15-19-59)56-21-29-65(30-22-56)88(2,3)4/h10-43,45,47-54,64H,44,46H2,1-9H3/q-1. The van der Waals surface area contributed by atoms with Crippen molar-refractivity contribution < 1.29 is 43.2 Å². The second-order valence-corrected chi connectivity index (χ2v) is 42.5. The maximum atomic E-state index is 16.0. The van der Waals surface area contributed by atoms with Crippen LogP contribution in [-0.4, -0.2) is 17.6 Å². The van der Waals surface area contributed by atoms with E-state index in [9.17, 15) is 0 Å². The Morgan fingerprint density at radius 3 is 1.44 bits per heavy atom. The SMILES string of the molecule is C[I-]C(C)c1ccc2c(c1)-c1cc(C(C)(F)I)ccc1CC2Cc1ccc2c(-c3ccc(-c4ccc(C(C)(C)C)cc4)cc3-c3ccccc3)c3cc(-n4c5ccc(C(F)(F)I)cc5c5cc(C(F)(F)I)ccc54)ccc3c(-c3ccc(-c4ccc([Si](C)(C)C)cc4)cc3-c3ccccc3)c2c1. The van der Waals surface area contributed by atoms with E-state index in [2.05, 4.69) is 269 Å². The molecule has 15 rings (SSSR count). The van der Waals surface area contributed by atoms with Gasteiger partial charge >= 0.3 is 228 Å². The van der Waals surface area contributed by atoms with Gasteiger partial charge in [0, 0.05) is 72.8 Å². The number of nitrogens with zero attached hydrogens (tertiary/aromatic N) is 1. The molecule has 0 saturated carbocycles. The van der Waals surface area contributed by atoms with E-state index in [1.165, 1.54) is 62.8 Å². The first-order chi connectivity index (χ1) is 48.6. The van der Waals surface area contributed by atoms with Gasteiger partial charge in [0.1, 0.15) is 0 Å². The van der Waals surface area contributed by atoms with Gasteiger partial charge < -0.3 is 4.57 Å². The summed E-state index contributed by atoms with van der Waals surface area (Å²) in [6.45, 7) is 17.8. The minimum absolute atomic E-state index is 0.0317. The fourth-order valence-electron chi connectivity index (χ4n) is 15.3. The molecule has 512 valence electrons. The van der Waals surface area contributed by atoms with Gasteiger partial charge in [0.15, 0.2) is 0 Å². The van der Waals surface area contributed by atoms with E-state index in [0.717, 1.165) is 158 Å². The van der Waals surface area contributed by atoms with Gasteiger partial charge in [-0.2, -0.15) is 17.6 Å². The van der Waals surface area contributed by atoms with Gasteiger partial charge in [0.2, 0.25) is 0 Å². The van der Waals surface area contributed by atoms with Crippen LogP contribution in [0.2, 0.25) is 19.6 Å². The number of hydrogen-bond acceptors (Lipinski definition) is 0. The van der Waals surface area contributed by atoms with Crippen LogP contribution in [0.3, 0.4) is 0 Å². The number of hydrogen-bond donors (Lipinski definition) is 0. The summed E-state index contributed by atoms with van der Waals surface area (Å²) in [6.07, 6.45) is 1.52. The summed E-state index contributed by atoms with van der Waals surface area (Å²) in [7, 11) is -1.61. The first-order valence-electron chi connectivity index (χ1n) is 34.6. The third-order valence-electron chi connectivity index (χ3n) is 20.9. The molecule has 0 saturated heterocycles. The molecule has 1 heterocycles. The van der Waals surface area contributed by atoms with Crippen LogP contribution in [0.5, 0.6) is 0 Å². The van der Waals surface area contributed by atoms with Crippen LogP contribution in [0, 0.1) is 0 Å². The first-order valence-corrected chi connectivity index (χ1v) is 44.7. The molecule has 0 bridgehead atoms. The van der Waals surface area contributed by atoms with E-state index in [4.69, 9.17) is 0 Å². The maximum absolute atomic E-state index is 16.0. The molecule has 0 spiro atoms. The Hall–Kier alpha value is -7.03. The summed E-state index contributed by atoms with van der Waals surface area (Å²) >= 11 is 4.14. The van der Waals surface area contributed by atoms with Crippen molar-refractivity contribution in [2.45, 2.75) is 93.9 Å². The van der Waals surface area contributed by atoms with Gasteiger partial charge in [-0.1, -0.05) is 197 Å². The van der Waals surface area contributed by atoms with Crippen molar-refractivity contribution in [2.75, 3.05) is 4.93 Å². The van der Waals surface area contributed by atoms with Crippen molar-refractivity contribution >= 4 is 124 Å². The van der Waals surface area contributed by atoms with Gasteiger partial charge in [-0.05, 0) is 115 Å². The molecule has 11 heteroatoms. The second-order valence-electron chi connectivity index (χ2n) is 29.6. The van der Waals surface area contributed by atoms with Crippen LogP contribution < -0.4 is 26.4 Å². The molecule has 0 radical (unpaired) electrons. The molecule has 1 aliphatic rings. The molecule has 3 unspecified atom stereocenters. The first kappa shape index (κ1) is 70.6. The van der Waals surface area contributed by atoms with E-state index < -0.39 is 19.6 Å². The molecule has 102 heavy (non-hydrogen) atoms. The van der Waals surface area contributed by atoms with Crippen molar-refractivity contribution in [3.63, 3.8) is 0 Å². The van der Waals surface area contributed by atoms with Crippen molar-refractivity contribution in [1.82, 2.24) is 4.57 Å². The van der Waals surface area contributed by atoms with Gasteiger partial charge in [-0.3, -0.25) is 0 Å². The zero-order chi connectivity index (χ0) is 71.5. The second kappa shape index (κ2) is 27.1. The number of fused-ring (bicyclic) bond motifs is 8. The molecule has 3 atom stereocenters. The van der Waals surface area contributed by atoms with Crippen molar-refractivity contribution in [3.8, 4) is 83.6 Å². The summed E-state index contributed by atoms with van der Waals surface area (Å²) in [5, 5.41) is 6.33. The normalized spacial score (nSPS) is 14.5. The summed E-state index contributed by atoms with van der Waals surface area (Å²) in [5.41, 5.74) is 23.5. The van der Waals surface area contributed by atoms with E-state index >= 15 is 22.0 Å². The fourth-order valence-corrected chi connectivity index (χ4v) is 18.6. The molecule has 13 aromatic carbocycles. The molecule has 1 nitrogen and oxygen atoms in total. The summed E-state index contributed by atoms with van der Waals surface area (Å²) in [5.74, 6) is 0.101. The number of benzene rings is 13. The Morgan fingerprint density at radius 1 is 0.431 bits per heavy atom.